The van der Waals surface area contributed by atoms with Crippen LogP contribution in [0.3, 0.4) is 0 Å². The van der Waals surface area contributed by atoms with E-state index in [-0.39, 0.29) is 5.91 Å². The summed E-state index contributed by atoms with van der Waals surface area (Å²) in [5, 5.41) is 5.90. The molecule has 0 saturated heterocycles. The zero-order valence-electron chi connectivity index (χ0n) is 19.2. The Labute approximate surface area is 212 Å². The molecule has 1 amide bonds. The van der Waals surface area contributed by atoms with Crippen molar-refractivity contribution in [1.82, 2.24) is 4.98 Å². The first-order chi connectivity index (χ1) is 17.0. The maximum Gasteiger partial charge on any atom is 0.250 e. The fraction of sp³-hybridized carbons (Fsp3) is 0.111. The molecule has 0 unspecified atom stereocenters. The molecular weight excluding hydrogens is 484 g/mol. The van der Waals surface area contributed by atoms with Gasteiger partial charge in [0, 0.05) is 22.0 Å². The van der Waals surface area contributed by atoms with E-state index in [2.05, 4.69) is 10.3 Å². The van der Waals surface area contributed by atoms with Gasteiger partial charge >= 0.3 is 0 Å². The highest BCUT2D eigenvalue weighted by atomic mass is 35.5. The fourth-order valence-electron chi connectivity index (χ4n) is 3.19. The highest BCUT2D eigenvalue weighted by Gasteiger charge is 2.08. The van der Waals surface area contributed by atoms with Gasteiger partial charge in [-0.05, 0) is 65.7 Å². The maximum atomic E-state index is 12.4. The van der Waals surface area contributed by atoms with Crippen LogP contribution in [0.5, 0.6) is 17.2 Å². The van der Waals surface area contributed by atoms with Crippen molar-refractivity contribution >= 4 is 40.1 Å². The number of halogens is 1. The van der Waals surface area contributed by atoms with E-state index in [1.807, 2.05) is 72.1 Å². The molecule has 0 atom stereocenters. The quantitative estimate of drug-likeness (QED) is 0.255. The Bertz CT molecular complexity index is 1320. The number of thiazole rings is 1. The lowest BCUT2D eigenvalue weighted by atomic mass is 10.2. The molecule has 0 radical (unpaired) electrons. The molecule has 3 aromatic carbocycles. The lowest BCUT2D eigenvalue weighted by molar-refractivity contribution is -0.111. The summed E-state index contributed by atoms with van der Waals surface area (Å²) in [5.74, 6) is 1.69. The van der Waals surface area contributed by atoms with E-state index in [0.29, 0.717) is 28.3 Å². The van der Waals surface area contributed by atoms with Gasteiger partial charge in [-0.3, -0.25) is 10.1 Å². The van der Waals surface area contributed by atoms with Crippen molar-refractivity contribution < 1.29 is 19.0 Å². The minimum Gasteiger partial charge on any atom is -0.497 e. The second-order valence-electron chi connectivity index (χ2n) is 7.41. The van der Waals surface area contributed by atoms with Gasteiger partial charge in [-0.15, -0.1) is 11.3 Å². The fourth-order valence-corrected chi connectivity index (χ4v) is 4.04. The third kappa shape index (κ3) is 6.62. The van der Waals surface area contributed by atoms with E-state index in [1.165, 1.54) is 17.4 Å². The second kappa shape index (κ2) is 11.6. The molecule has 0 bridgehead atoms. The summed E-state index contributed by atoms with van der Waals surface area (Å²) >= 11 is 7.29. The number of benzene rings is 3. The molecule has 0 saturated carbocycles. The molecule has 4 aromatic rings. The molecule has 0 aliphatic rings. The number of anilines is 1. The lowest BCUT2D eigenvalue weighted by Crippen LogP contribution is -2.07. The number of methoxy groups -OCH3 is 2. The Morgan fingerprint density at radius 1 is 1.00 bits per heavy atom. The SMILES string of the molecule is COc1ccc(-c2csc(NC(=O)C=Cc3ccc(OCc4ccc(Cl)cc4)c(OC)c3)n2)cc1. The number of hydrogen-bond donors (Lipinski definition) is 1. The third-order valence-corrected chi connectivity index (χ3v) is 6.05. The number of nitrogens with one attached hydrogen (secondary N) is 1. The zero-order chi connectivity index (χ0) is 24.6. The summed E-state index contributed by atoms with van der Waals surface area (Å²) < 4.78 is 16.5. The predicted octanol–water partition coefficient (Wildman–Crippen LogP) is 6.71. The first-order valence-electron chi connectivity index (χ1n) is 10.7. The molecule has 0 spiro atoms. The van der Waals surface area contributed by atoms with Gasteiger partial charge in [0.2, 0.25) is 5.91 Å². The molecule has 0 aliphatic carbocycles. The molecule has 0 aliphatic heterocycles. The Morgan fingerprint density at radius 3 is 2.49 bits per heavy atom. The average molecular weight is 507 g/mol. The molecule has 0 fully saturated rings. The number of ether oxygens (including phenoxy) is 3. The highest BCUT2D eigenvalue weighted by Crippen LogP contribution is 2.30. The van der Waals surface area contributed by atoms with Crippen LogP contribution in [0, 0.1) is 0 Å². The van der Waals surface area contributed by atoms with Gasteiger partial charge in [0.1, 0.15) is 12.4 Å². The van der Waals surface area contributed by atoms with Gasteiger partial charge in [0.15, 0.2) is 16.6 Å². The van der Waals surface area contributed by atoms with Gasteiger partial charge in [0.05, 0.1) is 19.9 Å². The number of amides is 1. The van der Waals surface area contributed by atoms with Gasteiger partial charge < -0.3 is 14.2 Å². The molecule has 178 valence electrons. The van der Waals surface area contributed by atoms with Crippen LogP contribution in [-0.4, -0.2) is 25.1 Å². The van der Waals surface area contributed by atoms with Crippen molar-refractivity contribution in [3.8, 4) is 28.5 Å². The number of aromatic nitrogens is 1. The highest BCUT2D eigenvalue weighted by molar-refractivity contribution is 7.14. The van der Waals surface area contributed by atoms with Crippen LogP contribution < -0.4 is 19.5 Å². The topological polar surface area (TPSA) is 69.7 Å². The summed E-state index contributed by atoms with van der Waals surface area (Å²) in [4.78, 5) is 16.9. The third-order valence-electron chi connectivity index (χ3n) is 5.04. The minimum absolute atomic E-state index is 0.275. The van der Waals surface area contributed by atoms with Crippen LogP contribution in [0.4, 0.5) is 5.13 Å². The van der Waals surface area contributed by atoms with E-state index < -0.39 is 0 Å². The van der Waals surface area contributed by atoms with Crippen LogP contribution >= 0.6 is 22.9 Å². The number of hydrogen-bond acceptors (Lipinski definition) is 6. The van der Waals surface area contributed by atoms with Crippen molar-refractivity contribution in [2.24, 2.45) is 0 Å². The molecule has 1 aromatic heterocycles. The smallest absolute Gasteiger partial charge is 0.250 e. The van der Waals surface area contributed by atoms with Crippen molar-refractivity contribution in [3.63, 3.8) is 0 Å². The second-order valence-corrected chi connectivity index (χ2v) is 8.71. The summed E-state index contributed by atoms with van der Waals surface area (Å²) in [6.07, 6.45) is 3.16. The van der Waals surface area contributed by atoms with E-state index >= 15 is 0 Å². The van der Waals surface area contributed by atoms with Crippen molar-refractivity contribution in [3.05, 3.63) is 94.3 Å². The predicted molar refractivity (Wildman–Crippen MR) is 141 cm³/mol. The van der Waals surface area contributed by atoms with E-state index in [1.54, 1.807) is 20.3 Å². The van der Waals surface area contributed by atoms with Crippen LogP contribution in [0.1, 0.15) is 11.1 Å². The summed E-state index contributed by atoms with van der Waals surface area (Å²) in [6.45, 7) is 0.386. The summed E-state index contributed by atoms with van der Waals surface area (Å²) in [5.41, 5.74) is 3.53. The first kappa shape index (κ1) is 24.3. The van der Waals surface area contributed by atoms with Crippen LogP contribution in [-0.2, 0) is 11.4 Å². The normalized spacial score (nSPS) is 10.8. The Kier molecular flexibility index (Phi) is 8.03. The van der Waals surface area contributed by atoms with Crippen LogP contribution in [0.15, 0.2) is 78.2 Å². The van der Waals surface area contributed by atoms with Crippen molar-refractivity contribution in [2.45, 2.75) is 6.61 Å². The Hall–Kier alpha value is -3.81. The lowest BCUT2D eigenvalue weighted by Gasteiger charge is -2.11. The minimum atomic E-state index is -0.275. The maximum absolute atomic E-state index is 12.4. The standard InChI is InChI=1S/C27H23ClN2O4S/c1-32-22-11-7-20(8-12-22)23-17-35-27(29-23)30-26(31)14-6-18-5-13-24(25(15-18)33-2)34-16-19-3-9-21(28)10-4-19/h3-15,17H,16H2,1-2H3,(H,29,30,31). The van der Waals surface area contributed by atoms with Gasteiger partial charge in [-0.2, -0.15) is 0 Å². The molecule has 6 nitrogen and oxygen atoms in total. The Balaban J connectivity index is 1.36. The number of nitrogens with zero attached hydrogens (tertiary/aromatic N) is 1. The van der Waals surface area contributed by atoms with Gasteiger partial charge in [0.25, 0.3) is 0 Å². The molecule has 35 heavy (non-hydrogen) atoms. The van der Waals surface area contributed by atoms with Crippen molar-refractivity contribution in [1.29, 1.82) is 0 Å². The summed E-state index contributed by atoms with van der Waals surface area (Å²) in [7, 11) is 3.20. The van der Waals surface area contributed by atoms with E-state index in [0.717, 1.165) is 28.1 Å². The van der Waals surface area contributed by atoms with Crippen molar-refractivity contribution in [2.75, 3.05) is 19.5 Å². The van der Waals surface area contributed by atoms with E-state index in [9.17, 15) is 4.79 Å². The molecule has 8 heteroatoms. The average Bonchev–Trinajstić information content (AvgIpc) is 3.35. The van der Waals surface area contributed by atoms with Crippen LogP contribution in [0.25, 0.3) is 17.3 Å². The molecular formula is C27H23ClN2O4S. The molecule has 1 heterocycles. The first-order valence-corrected chi connectivity index (χ1v) is 11.9. The van der Waals surface area contributed by atoms with Gasteiger partial charge in [-0.25, -0.2) is 4.98 Å². The van der Waals surface area contributed by atoms with Crippen LogP contribution in [0.2, 0.25) is 5.02 Å². The number of rotatable bonds is 9. The monoisotopic (exact) mass is 506 g/mol. The molecule has 4 rings (SSSR count). The Morgan fingerprint density at radius 2 is 1.77 bits per heavy atom. The molecule has 1 N–H and O–H groups in total. The largest absolute Gasteiger partial charge is 0.497 e. The zero-order valence-corrected chi connectivity index (χ0v) is 20.7. The summed E-state index contributed by atoms with van der Waals surface area (Å²) in [6, 6.07) is 20.5. The number of carbonyl (C=O) groups is 1. The van der Waals surface area contributed by atoms with E-state index in [4.69, 9.17) is 25.8 Å². The number of carbonyl (C=O) groups excluding carboxylic acids is 1. The van der Waals surface area contributed by atoms with Gasteiger partial charge in [-0.1, -0.05) is 29.8 Å².